The summed E-state index contributed by atoms with van der Waals surface area (Å²) >= 11 is 0. The fourth-order valence-electron chi connectivity index (χ4n) is 3.82. The number of aromatic nitrogens is 2. The maximum atomic E-state index is 11.8. The van der Waals surface area contributed by atoms with Gasteiger partial charge >= 0.3 is 0 Å². The summed E-state index contributed by atoms with van der Waals surface area (Å²) in [6.07, 6.45) is 0.333. The molecule has 1 aliphatic rings. The van der Waals surface area contributed by atoms with Crippen molar-refractivity contribution in [2.75, 3.05) is 11.9 Å². The van der Waals surface area contributed by atoms with E-state index < -0.39 is 6.10 Å². The number of aliphatic hydroxyl groups excluding tert-OH is 1. The molecule has 0 bridgehead atoms. The quantitative estimate of drug-likeness (QED) is 0.711. The van der Waals surface area contributed by atoms with Gasteiger partial charge in [-0.05, 0) is 41.8 Å². The summed E-state index contributed by atoms with van der Waals surface area (Å²) in [5.41, 5.74) is 6.27. The van der Waals surface area contributed by atoms with Crippen molar-refractivity contribution in [3.63, 3.8) is 0 Å². The highest BCUT2D eigenvalue weighted by Crippen LogP contribution is 2.29. The highest BCUT2D eigenvalue weighted by atomic mass is 16.3. The van der Waals surface area contributed by atoms with Gasteiger partial charge in [-0.25, -0.2) is 0 Å². The Hall–Kier alpha value is -3.12. The Balaban J connectivity index is 1.56. The van der Waals surface area contributed by atoms with Crippen LogP contribution in [0, 0.1) is 0 Å². The van der Waals surface area contributed by atoms with Gasteiger partial charge in [-0.2, -0.15) is 5.10 Å². The molecule has 1 aromatic heterocycles. The number of nitrogens with one attached hydrogen (secondary N) is 1. The maximum Gasteiger partial charge on any atom is 0.219 e. The molecule has 0 spiro atoms. The van der Waals surface area contributed by atoms with Gasteiger partial charge in [0.05, 0.1) is 12.6 Å². The fourth-order valence-corrected chi connectivity index (χ4v) is 3.82. The smallest absolute Gasteiger partial charge is 0.219 e. The van der Waals surface area contributed by atoms with Crippen LogP contribution < -0.4 is 5.32 Å². The molecule has 0 saturated carbocycles. The first-order valence-electron chi connectivity index (χ1n) is 9.88. The average Bonchev–Trinajstić information content (AvgIpc) is 3.03. The number of hydrogen-bond acceptors (Lipinski definition) is 4. The second-order valence-corrected chi connectivity index (χ2v) is 7.59. The lowest BCUT2D eigenvalue weighted by Gasteiger charge is -2.26. The number of rotatable bonds is 4. The van der Waals surface area contributed by atoms with Crippen molar-refractivity contribution in [3.8, 4) is 11.1 Å². The van der Waals surface area contributed by atoms with Gasteiger partial charge in [-0.3, -0.25) is 9.48 Å². The molecule has 0 aliphatic carbocycles. The van der Waals surface area contributed by atoms with Gasteiger partial charge in [-0.15, -0.1) is 0 Å². The molecular weight excluding hydrogens is 364 g/mol. The minimum Gasteiger partial charge on any atom is -0.389 e. The number of aryl methyl sites for hydroxylation is 1. The van der Waals surface area contributed by atoms with E-state index in [4.69, 9.17) is 0 Å². The van der Waals surface area contributed by atoms with Crippen LogP contribution in [-0.4, -0.2) is 32.2 Å². The van der Waals surface area contributed by atoms with E-state index in [0.717, 1.165) is 46.7 Å². The zero-order chi connectivity index (χ0) is 20.5. The van der Waals surface area contributed by atoms with Crippen LogP contribution in [0.3, 0.4) is 0 Å². The standard InChI is InChI=1S/C23H26N4O2/c1-15(28)18-5-4-6-19(13-18)17-7-9-20(10-8-17)24-23-21-14-27(16(2)29)12-11-22(21)26(3)25-23/h4-10,13,15,28H,11-12,14H2,1-3H3,(H,24,25). The normalized spacial score (nSPS) is 14.4. The summed E-state index contributed by atoms with van der Waals surface area (Å²) in [6.45, 7) is 4.71. The summed E-state index contributed by atoms with van der Waals surface area (Å²) in [4.78, 5) is 13.6. The molecular formula is C23H26N4O2. The van der Waals surface area contributed by atoms with E-state index in [1.807, 2.05) is 53.0 Å². The number of hydrogen-bond donors (Lipinski definition) is 2. The van der Waals surface area contributed by atoms with Gasteiger partial charge in [0.2, 0.25) is 5.91 Å². The van der Waals surface area contributed by atoms with Crippen molar-refractivity contribution < 1.29 is 9.90 Å². The molecule has 3 aromatic rings. The summed E-state index contributed by atoms with van der Waals surface area (Å²) in [5.74, 6) is 0.895. The Morgan fingerprint density at radius 2 is 1.93 bits per heavy atom. The first kappa shape index (κ1) is 19.2. The molecule has 4 rings (SSSR count). The van der Waals surface area contributed by atoms with Gasteiger partial charge in [-0.1, -0.05) is 30.3 Å². The molecule has 1 aliphatic heterocycles. The third-order valence-electron chi connectivity index (χ3n) is 5.54. The van der Waals surface area contributed by atoms with E-state index in [1.165, 1.54) is 5.69 Å². The van der Waals surface area contributed by atoms with Crippen LogP contribution in [0.2, 0.25) is 0 Å². The van der Waals surface area contributed by atoms with E-state index in [-0.39, 0.29) is 5.91 Å². The predicted octanol–water partition coefficient (Wildman–Crippen LogP) is 3.79. The molecule has 1 unspecified atom stereocenters. The van der Waals surface area contributed by atoms with Crippen molar-refractivity contribution >= 4 is 17.4 Å². The van der Waals surface area contributed by atoms with Crippen molar-refractivity contribution in [1.29, 1.82) is 0 Å². The second-order valence-electron chi connectivity index (χ2n) is 7.59. The third kappa shape index (κ3) is 3.89. The molecule has 1 atom stereocenters. The minimum atomic E-state index is -0.485. The van der Waals surface area contributed by atoms with Crippen LogP contribution in [0.5, 0.6) is 0 Å². The highest BCUT2D eigenvalue weighted by molar-refractivity contribution is 5.74. The van der Waals surface area contributed by atoms with Crippen LogP contribution in [-0.2, 0) is 24.8 Å². The molecule has 6 heteroatoms. The molecule has 29 heavy (non-hydrogen) atoms. The number of anilines is 2. The highest BCUT2D eigenvalue weighted by Gasteiger charge is 2.25. The number of fused-ring (bicyclic) bond motifs is 1. The Bertz CT molecular complexity index is 1040. The molecule has 2 aromatic carbocycles. The lowest BCUT2D eigenvalue weighted by molar-refractivity contribution is -0.129. The second kappa shape index (κ2) is 7.72. The summed E-state index contributed by atoms with van der Waals surface area (Å²) < 4.78 is 1.91. The molecule has 150 valence electrons. The lowest BCUT2D eigenvalue weighted by Crippen LogP contribution is -2.34. The molecule has 1 amide bonds. The molecule has 2 heterocycles. The number of nitrogens with zero attached hydrogens (tertiary/aromatic N) is 3. The van der Waals surface area contributed by atoms with Crippen molar-refractivity contribution in [2.45, 2.75) is 32.9 Å². The van der Waals surface area contributed by atoms with Gasteiger partial charge in [0, 0.05) is 43.9 Å². The van der Waals surface area contributed by atoms with E-state index in [0.29, 0.717) is 6.54 Å². The van der Waals surface area contributed by atoms with Crippen molar-refractivity contribution in [2.24, 2.45) is 7.05 Å². The topological polar surface area (TPSA) is 70.4 Å². The van der Waals surface area contributed by atoms with Gasteiger partial charge in [0.25, 0.3) is 0 Å². The Kier molecular flexibility index (Phi) is 5.11. The number of benzene rings is 2. The number of carbonyl (C=O) groups is 1. The molecule has 0 radical (unpaired) electrons. The van der Waals surface area contributed by atoms with Crippen molar-refractivity contribution in [1.82, 2.24) is 14.7 Å². The first-order chi connectivity index (χ1) is 13.9. The average molecular weight is 390 g/mol. The van der Waals surface area contributed by atoms with Crippen LogP contribution in [0.4, 0.5) is 11.5 Å². The number of carbonyl (C=O) groups excluding carboxylic acids is 1. The Morgan fingerprint density at radius 3 is 2.62 bits per heavy atom. The molecule has 0 saturated heterocycles. The predicted molar refractivity (Wildman–Crippen MR) is 114 cm³/mol. The minimum absolute atomic E-state index is 0.0919. The van der Waals surface area contributed by atoms with Crippen molar-refractivity contribution in [3.05, 3.63) is 65.4 Å². The third-order valence-corrected chi connectivity index (χ3v) is 5.54. The van der Waals surface area contributed by atoms with E-state index in [2.05, 4.69) is 22.5 Å². The first-order valence-corrected chi connectivity index (χ1v) is 9.88. The van der Waals surface area contributed by atoms with Crippen LogP contribution in [0.25, 0.3) is 11.1 Å². The molecule has 2 N–H and O–H groups in total. The van der Waals surface area contributed by atoms with Crippen LogP contribution in [0.15, 0.2) is 48.5 Å². The van der Waals surface area contributed by atoms with E-state index >= 15 is 0 Å². The maximum absolute atomic E-state index is 11.8. The lowest BCUT2D eigenvalue weighted by atomic mass is 10.0. The number of amides is 1. The Morgan fingerprint density at radius 1 is 1.17 bits per heavy atom. The monoisotopic (exact) mass is 390 g/mol. The molecule has 0 fully saturated rings. The SMILES string of the molecule is CC(=O)N1CCc2c(c(Nc3ccc(-c4cccc(C(C)O)c4)cc3)nn2C)C1. The Labute approximate surface area is 170 Å². The summed E-state index contributed by atoms with van der Waals surface area (Å²) in [5, 5.41) is 17.9. The van der Waals surface area contributed by atoms with E-state index in [9.17, 15) is 9.90 Å². The van der Waals surface area contributed by atoms with Crippen LogP contribution in [0.1, 0.15) is 36.8 Å². The zero-order valence-corrected chi connectivity index (χ0v) is 17.0. The number of aliphatic hydroxyl groups is 1. The van der Waals surface area contributed by atoms with Crippen LogP contribution >= 0.6 is 0 Å². The summed E-state index contributed by atoms with van der Waals surface area (Å²) in [7, 11) is 1.95. The summed E-state index contributed by atoms with van der Waals surface area (Å²) in [6, 6.07) is 16.1. The van der Waals surface area contributed by atoms with Gasteiger partial charge in [0.15, 0.2) is 5.82 Å². The molecule has 6 nitrogen and oxygen atoms in total. The fraction of sp³-hybridized carbons (Fsp3) is 0.304. The van der Waals surface area contributed by atoms with Gasteiger partial charge in [0.1, 0.15) is 0 Å². The zero-order valence-electron chi connectivity index (χ0n) is 17.0. The van der Waals surface area contributed by atoms with Gasteiger partial charge < -0.3 is 15.3 Å². The largest absolute Gasteiger partial charge is 0.389 e. The van der Waals surface area contributed by atoms with E-state index in [1.54, 1.807) is 13.8 Å².